The van der Waals surface area contributed by atoms with Gasteiger partial charge in [0.2, 0.25) is 9.84 Å². The first kappa shape index (κ1) is 18.8. The molecule has 1 heterocycles. The Morgan fingerprint density at radius 3 is 2.26 bits per heavy atom. The highest BCUT2D eigenvalue weighted by molar-refractivity contribution is 7.91. The Balaban J connectivity index is 2.37. The highest BCUT2D eigenvalue weighted by Gasteiger charge is 2.31. The maximum Gasteiger partial charge on any atom is 0.356 e. The van der Waals surface area contributed by atoms with Crippen molar-refractivity contribution in [3.05, 3.63) is 48.2 Å². The molecule has 2 aromatic carbocycles. The van der Waals surface area contributed by atoms with E-state index in [9.17, 15) is 13.2 Å². The molecule has 1 aromatic heterocycles. The Kier molecular flexibility index (Phi) is 5.09. The zero-order valence-electron chi connectivity index (χ0n) is 15.1. The summed E-state index contributed by atoms with van der Waals surface area (Å²) in [6.07, 6.45) is 0. The predicted octanol–water partition coefficient (Wildman–Crippen LogP) is 3.19. The Morgan fingerprint density at radius 1 is 1.04 bits per heavy atom. The van der Waals surface area contributed by atoms with Gasteiger partial charge >= 0.3 is 5.97 Å². The monoisotopic (exact) mass is 389 g/mol. The summed E-state index contributed by atoms with van der Waals surface area (Å²) in [5.41, 5.74) is 0.288. The van der Waals surface area contributed by atoms with Crippen molar-refractivity contribution in [1.82, 2.24) is 4.98 Å². The predicted molar refractivity (Wildman–Crippen MR) is 99.3 cm³/mol. The number of benzene rings is 2. The van der Waals surface area contributed by atoms with Crippen LogP contribution < -0.4 is 9.47 Å². The van der Waals surface area contributed by atoms with Crippen LogP contribution in [0.5, 0.6) is 11.5 Å². The number of H-pyrrole nitrogens is 1. The molecule has 0 spiro atoms. The summed E-state index contributed by atoms with van der Waals surface area (Å²) in [6, 6.07) is 11.0. The lowest BCUT2D eigenvalue weighted by Gasteiger charge is -2.09. The lowest BCUT2D eigenvalue weighted by molar-refractivity contribution is 0.0516. The molecule has 1 N–H and O–H groups in total. The number of sulfone groups is 1. The van der Waals surface area contributed by atoms with Crippen LogP contribution in [-0.4, -0.2) is 40.2 Å². The normalized spacial score (nSPS) is 11.4. The Hall–Kier alpha value is -3.00. The van der Waals surface area contributed by atoms with Gasteiger partial charge in [-0.25, -0.2) is 13.2 Å². The molecule has 0 atom stereocenters. The number of hydrogen-bond donors (Lipinski definition) is 1. The van der Waals surface area contributed by atoms with Gasteiger partial charge in [0, 0.05) is 11.5 Å². The number of fused-ring (bicyclic) bond motifs is 1. The zero-order chi connectivity index (χ0) is 19.6. The summed E-state index contributed by atoms with van der Waals surface area (Å²) < 4.78 is 42.2. The van der Waals surface area contributed by atoms with Crippen molar-refractivity contribution in [1.29, 1.82) is 0 Å². The third-order valence-electron chi connectivity index (χ3n) is 4.06. The molecule has 0 aliphatic rings. The summed E-state index contributed by atoms with van der Waals surface area (Å²) in [7, 11) is -1.06. The van der Waals surface area contributed by atoms with Crippen LogP contribution in [0, 0.1) is 0 Å². The second kappa shape index (κ2) is 7.32. The van der Waals surface area contributed by atoms with Crippen LogP contribution in [0.3, 0.4) is 0 Å². The minimum Gasteiger partial charge on any atom is -0.493 e. The van der Waals surface area contributed by atoms with Crippen LogP contribution in [0.1, 0.15) is 17.4 Å². The molecule has 0 bridgehead atoms. The minimum absolute atomic E-state index is 0.0752. The molecule has 0 radical (unpaired) electrons. The van der Waals surface area contributed by atoms with Crippen LogP contribution in [0.25, 0.3) is 10.9 Å². The molecule has 142 valence electrons. The largest absolute Gasteiger partial charge is 0.493 e. The van der Waals surface area contributed by atoms with E-state index in [2.05, 4.69) is 4.98 Å². The molecule has 3 rings (SSSR count). The highest BCUT2D eigenvalue weighted by Crippen LogP contribution is 2.38. The van der Waals surface area contributed by atoms with Gasteiger partial charge in [0.15, 0.2) is 11.5 Å². The molecular formula is C19H19NO6S. The van der Waals surface area contributed by atoms with Crippen molar-refractivity contribution in [3.63, 3.8) is 0 Å². The topological polar surface area (TPSA) is 94.7 Å². The molecule has 0 fully saturated rings. The number of aromatic amines is 1. The van der Waals surface area contributed by atoms with E-state index in [1.54, 1.807) is 31.2 Å². The van der Waals surface area contributed by atoms with E-state index in [0.717, 1.165) is 0 Å². The van der Waals surface area contributed by atoms with Crippen LogP contribution >= 0.6 is 0 Å². The number of aromatic nitrogens is 1. The molecule has 0 saturated heterocycles. The van der Waals surface area contributed by atoms with Gasteiger partial charge in [-0.3, -0.25) is 0 Å². The average Bonchev–Trinajstić information content (AvgIpc) is 3.07. The fourth-order valence-electron chi connectivity index (χ4n) is 2.84. The van der Waals surface area contributed by atoms with Crippen LogP contribution in [0.2, 0.25) is 0 Å². The van der Waals surface area contributed by atoms with E-state index in [1.807, 2.05) is 0 Å². The van der Waals surface area contributed by atoms with Gasteiger partial charge in [0.25, 0.3) is 0 Å². The van der Waals surface area contributed by atoms with Gasteiger partial charge in [-0.1, -0.05) is 18.2 Å². The van der Waals surface area contributed by atoms with Crippen molar-refractivity contribution in [3.8, 4) is 11.5 Å². The average molecular weight is 389 g/mol. The van der Waals surface area contributed by atoms with Gasteiger partial charge in [-0.15, -0.1) is 0 Å². The van der Waals surface area contributed by atoms with Crippen molar-refractivity contribution in [2.24, 2.45) is 0 Å². The first-order chi connectivity index (χ1) is 12.9. The molecule has 0 aliphatic heterocycles. The van der Waals surface area contributed by atoms with E-state index in [0.29, 0.717) is 22.4 Å². The molecule has 0 aliphatic carbocycles. The smallest absolute Gasteiger partial charge is 0.356 e. The lowest BCUT2D eigenvalue weighted by Crippen LogP contribution is -2.11. The molecule has 8 heteroatoms. The summed E-state index contributed by atoms with van der Waals surface area (Å²) >= 11 is 0. The van der Waals surface area contributed by atoms with Gasteiger partial charge in [-0.2, -0.15) is 0 Å². The van der Waals surface area contributed by atoms with Crippen molar-refractivity contribution >= 4 is 26.7 Å². The quantitative estimate of drug-likeness (QED) is 0.651. The molecule has 0 unspecified atom stereocenters. The van der Waals surface area contributed by atoms with Gasteiger partial charge in [0.05, 0.1) is 31.2 Å². The van der Waals surface area contributed by atoms with Gasteiger partial charge in [0.1, 0.15) is 10.6 Å². The minimum atomic E-state index is -3.99. The fourth-order valence-corrected chi connectivity index (χ4v) is 4.45. The molecule has 7 nitrogen and oxygen atoms in total. The van der Waals surface area contributed by atoms with Gasteiger partial charge < -0.3 is 19.2 Å². The van der Waals surface area contributed by atoms with Crippen molar-refractivity contribution < 1.29 is 27.4 Å². The number of methoxy groups -OCH3 is 2. The molecule has 27 heavy (non-hydrogen) atoms. The standard InChI is InChI=1S/C19H19NO6S/c1-4-26-19(21)17-18(27(22,23)12-8-6-5-7-9-12)13-10-15(24-2)16(25-3)11-14(13)20-17/h5-11,20H,4H2,1-3H3. The van der Waals surface area contributed by atoms with Crippen molar-refractivity contribution in [2.45, 2.75) is 16.7 Å². The number of carbonyl (C=O) groups is 1. The third kappa shape index (κ3) is 3.23. The van der Waals surface area contributed by atoms with E-state index in [-0.39, 0.29) is 22.1 Å². The van der Waals surface area contributed by atoms with E-state index in [4.69, 9.17) is 14.2 Å². The van der Waals surface area contributed by atoms with E-state index < -0.39 is 15.8 Å². The Morgan fingerprint density at radius 2 is 1.67 bits per heavy atom. The number of rotatable bonds is 6. The number of ether oxygens (including phenoxy) is 3. The molecule has 0 saturated carbocycles. The van der Waals surface area contributed by atoms with Crippen LogP contribution in [0.4, 0.5) is 0 Å². The Bertz CT molecular complexity index is 1090. The van der Waals surface area contributed by atoms with Crippen LogP contribution in [0.15, 0.2) is 52.3 Å². The van der Waals surface area contributed by atoms with Crippen molar-refractivity contribution in [2.75, 3.05) is 20.8 Å². The Labute approximate surface area is 156 Å². The summed E-state index contributed by atoms with van der Waals surface area (Å²) in [4.78, 5) is 15.2. The third-order valence-corrected chi connectivity index (χ3v) is 5.91. The van der Waals surface area contributed by atoms with E-state index >= 15 is 0 Å². The second-order valence-electron chi connectivity index (χ2n) is 5.62. The second-order valence-corrected chi connectivity index (χ2v) is 7.51. The fraction of sp³-hybridized carbons (Fsp3) is 0.211. The molecular weight excluding hydrogens is 370 g/mol. The van der Waals surface area contributed by atoms with E-state index in [1.165, 1.54) is 32.4 Å². The molecule has 0 amide bonds. The lowest BCUT2D eigenvalue weighted by atomic mass is 10.2. The maximum atomic E-state index is 13.3. The number of hydrogen-bond acceptors (Lipinski definition) is 6. The number of carbonyl (C=O) groups excluding carboxylic acids is 1. The summed E-state index contributed by atoms with van der Waals surface area (Å²) in [5.74, 6) is 0.00961. The molecule has 3 aromatic rings. The van der Waals surface area contributed by atoms with Gasteiger partial charge in [-0.05, 0) is 25.1 Å². The zero-order valence-corrected chi connectivity index (χ0v) is 15.9. The highest BCUT2D eigenvalue weighted by atomic mass is 32.2. The number of esters is 1. The first-order valence-corrected chi connectivity index (χ1v) is 9.67. The number of nitrogens with one attached hydrogen (secondary N) is 1. The van der Waals surface area contributed by atoms with Crippen LogP contribution in [-0.2, 0) is 14.6 Å². The summed E-state index contributed by atoms with van der Waals surface area (Å²) in [6.45, 7) is 1.77. The SMILES string of the molecule is CCOC(=O)c1[nH]c2cc(OC)c(OC)cc2c1S(=O)(=O)c1ccccc1. The first-order valence-electron chi connectivity index (χ1n) is 8.19. The maximum absolute atomic E-state index is 13.3. The summed E-state index contributed by atoms with van der Waals surface area (Å²) in [5, 5.41) is 0.319.